The third-order valence-corrected chi connectivity index (χ3v) is 8.23. The zero-order chi connectivity index (χ0) is 25.2. The third-order valence-electron chi connectivity index (χ3n) is 6.61. The number of sulfonamides is 1. The molecule has 2 aliphatic rings. The summed E-state index contributed by atoms with van der Waals surface area (Å²) < 4.78 is 55.0. The minimum atomic E-state index is -3.47. The fourth-order valence-corrected chi connectivity index (χ4v) is 5.99. The summed E-state index contributed by atoms with van der Waals surface area (Å²) in [6.45, 7) is 1.27. The van der Waals surface area contributed by atoms with E-state index in [0.717, 1.165) is 25.7 Å². The Morgan fingerprint density at radius 3 is 2.51 bits per heavy atom. The standard InChI is InChI=1S/C23H32F2N6O3S/c1-29(2)10-5-13-35(33,34)30-11-8-17(9-12-30)27-23-26-15-16-14-19(20(24)25)22(32)31(21(16)28-23)18-6-3-4-7-18/h5,13-15,17-18,20H,3-4,6-12H2,1-2H3,(H,26,27,28)/b13-5+. The molecule has 4 rings (SSSR count). The van der Waals surface area contributed by atoms with Gasteiger partial charge in [0, 0.05) is 48.7 Å². The quantitative estimate of drug-likeness (QED) is 0.582. The number of hydrogen-bond acceptors (Lipinski definition) is 7. The molecule has 1 N–H and O–H groups in total. The normalized spacial score (nSPS) is 19.0. The number of aromatic nitrogens is 3. The number of likely N-dealkylation sites (N-methyl/N-ethyl adjacent to an activating group) is 1. The molecule has 0 amide bonds. The molecular weight excluding hydrogens is 478 g/mol. The molecule has 1 saturated heterocycles. The van der Waals surface area contributed by atoms with Crippen LogP contribution in [0.3, 0.4) is 0 Å². The highest BCUT2D eigenvalue weighted by atomic mass is 32.2. The van der Waals surface area contributed by atoms with Crippen molar-refractivity contribution in [3.05, 3.63) is 39.7 Å². The number of fused-ring (bicyclic) bond motifs is 1. The van der Waals surface area contributed by atoms with Crippen LogP contribution in [-0.4, -0.2) is 71.9 Å². The van der Waals surface area contributed by atoms with Crippen LogP contribution >= 0.6 is 0 Å². The highest BCUT2D eigenvalue weighted by Gasteiger charge is 2.28. The molecule has 0 spiro atoms. The molecule has 1 aliphatic carbocycles. The molecule has 2 aromatic rings. The van der Waals surface area contributed by atoms with Gasteiger partial charge < -0.3 is 10.2 Å². The van der Waals surface area contributed by atoms with E-state index in [2.05, 4.69) is 15.3 Å². The molecule has 9 nitrogen and oxygen atoms in total. The Bertz CT molecular complexity index is 1230. The molecule has 12 heteroatoms. The molecule has 0 unspecified atom stereocenters. The lowest BCUT2D eigenvalue weighted by Gasteiger charge is -2.30. The first-order valence-electron chi connectivity index (χ1n) is 11.9. The maximum Gasteiger partial charge on any atom is 0.269 e. The topological polar surface area (TPSA) is 100 Å². The van der Waals surface area contributed by atoms with Gasteiger partial charge in [-0.2, -0.15) is 9.29 Å². The van der Waals surface area contributed by atoms with Gasteiger partial charge in [-0.3, -0.25) is 9.36 Å². The maximum atomic E-state index is 13.5. The lowest BCUT2D eigenvalue weighted by atomic mass is 10.1. The Balaban J connectivity index is 1.51. The van der Waals surface area contributed by atoms with Crippen molar-refractivity contribution in [2.24, 2.45) is 0 Å². The van der Waals surface area contributed by atoms with Gasteiger partial charge in [0.2, 0.25) is 16.0 Å². The van der Waals surface area contributed by atoms with E-state index in [1.165, 1.54) is 26.5 Å². The molecule has 2 fully saturated rings. The van der Waals surface area contributed by atoms with E-state index in [1.807, 2.05) is 19.0 Å². The molecule has 3 heterocycles. The average Bonchev–Trinajstić information content (AvgIpc) is 3.33. The largest absolute Gasteiger partial charge is 0.351 e. The summed E-state index contributed by atoms with van der Waals surface area (Å²) in [5.41, 5.74) is -0.860. The number of nitrogens with one attached hydrogen (secondary N) is 1. The van der Waals surface area contributed by atoms with Crippen LogP contribution in [0.1, 0.15) is 56.6 Å². The van der Waals surface area contributed by atoms with Gasteiger partial charge in [-0.1, -0.05) is 18.9 Å². The summed E-state index contributed by atoms with van der Waals surface area (Å²) in [7, 11) is 0.270. The van der Waals surface area contributed by atoms with Gasteiger partial charge in [-0.15, -0.1) is 0 Å². The highest BCUT2D eigenvalue weighted by molar-refractivity contribution is 7.92. The molecule has 192 valence electrons. The fourth-order valence-electron chi connectivity index (χ4n) is 4.77. The predicted octanol–water partition coefficient (Wildman–Crippen LogP) is 3.13. The van der Waals surface area contributed by atoms with Crippen LogP contribution in [-0.2, 0) is 10.0 Å². The number of piperidine rings is 1. The Hall–Kier alpha value is -2.44. The molecule has 1 aliphatic heterocycles. The molecule has 1 saturated carbocycles. The van der Waals surface area contributed by atoms with Crippen molar-refractivity contribution >= 4 is 27.0 Å². The van der Waals surface area contributed by atoms with Crippen LogP contribution in [0.5, 0.6) is 0 Å². The van der Waals surface area contributed by atoms with E-state index in [9.17, 15) is 22.0 Å². The van der Waals surface area contributed by atoms with Gasteiger partial charge >= 0.3 is 0 Å². The number of hydrogen-bond donors (Lipinski definition) is 1. The number of halogens is 2. The van der Waals surface area contributed by atoms with Gasteiger partial charge in [0.1, 0.15) is 5.65 Å². The van der Waals surface area contributed by atoms with Crippen molar-refractivity contribution in [1.29, 1.82) is 0 Å². The number of nitrogens with zero attached hydrogens (tertiary/aromatic N) is 5. The van der Waals surface area contributed by atoms with Gasteiger partial charge in [0.05, 0.1) is 5.56 Å². The van der Waals surface area contributed by atoms with E-state index in [0.29, 0.717) is 49.5 Å². The van der Waals surface area contributed by atoms with E-state index >= 15 is 0 Å². The fraction of sp³-hybridized carbons (Fsp3) is 0.609. The van der Waals surface area contributed by atoms with Crippen molar-refractivity contribution in [2.45, 2.75) is 57.0 Å². The molecule has 0 bridgehead atoms. The van der Waals surface area contributed by atoms with E-state index in [-0.39, 0.29) is 12.1 Å². The second-order valence-corrected chi connectivity index (χ2v) is 11.3. The summed E-state index contributed by atoms with van der Waals surface area (Å²) in [4.78, 5) is 23.6. The van der Waals surface area contributed by atoms with Crippen LogP contribution in [0, 0.1) is 0 Å². The van der Waals surface area contributed by atoms with Gasteiger partial charge in [-0.25, -0.2) is 22.2 Å². The van der Waals surface area contributed by atoms with Crippen molar-refractivity contribution in [1.82, 2.24) is 23.7 Å². The van der Waals surface area contributed by atoms with Gasteiger partial charge in [-0.05, 0) is 45.8 Å². The first kappa shape index (κ1) is 25.6. The average molecular weight is 511 g/mol. The van der Waals surface area contributed by atoms with E-state index in [4.69, 9.17) is 0 Å². The summed E-state index contributed by atoms with van der Waals surface area (Å²) in [6.07, 6.45) is 4.77. The van der Waals surface area contributed by atoms with E-state index in [1.54, 1.807) is 6.08 Å². The molecule has 0 aromatic carbocycles. The maximum absolute atomic E-state index is 13.5. The van der Waals surface area contributed by atoms with Crippen molar-refractivity contribution < 1.29 is 17.2 Å². The summed E-state index contributed by atoms with van der Waals surface area (Å²) >= 11 is 0. The number of anilines is 1. The summed E-state index contributed by atoms with van der Waals surface area (Å²) in [5.74, 6) is 0.306. The minimum Gasteiger partial charge on any atom is -0.351 e. The Morgan fingerprint density at radius 1 is 1.20 bits per heavy atom. The number of rotatable bonds is 8. The predicted molar refractivity (Wildman–Crippen MR) is 131 cm³/mol. The molecule has 35 heavy (non-hydrogen) atoms. The van der Waals surface area contributed by atoms with Crippen LogP contribution < -0.4 is 10.9 Å². The molecule has 0 atom stereocenters. The summed E-state index contributed by atoms with van der Waals surface area (Å²) in [6, 6.07) is 0.988. The number of pyridine rings is 1. The molecule has 2 aromatic heterocycles. The Labute approximate surface area is 203 Å². The highest BCUT2D eigenvalue weighted by Crippen LogP contribution is 2.32. The molecule has 0 radical (unpaired) electrons. The van der Waals surface area contributed by atoms with Gasteiger partial charge in [0.15, 0.2) is 0 Å². The number of alkyl halides is 2. The molecular formula is C23H32F2N6O3S. The lowest BCUT2D eigenvalue weighted by Crippen LogP contribution is -2.41. The second-order valence-electron chi connectivity index (χ2n) is 9.48. The van der Waals surface area contributed by atoms with Crippen molar-refractivity contribution in [3.8, 4) is 0 Å². The zero-order valence-corrected chi connectivity index (χ0v) is 20.8. The van der Waals surface area contributed by atoms with Crippen LogP contribution in [0.15, 0.2) is 28.5 Å². The van der Waals surface area contributed by atoms with Crippen LogP contribution in [0.2, 0.25) is 0 Å². The zero-order valence-electron chi connectivity index (χ0n) is 20.0. The SMILES string of the molecule is CN(C)C/C=C/S(=O)(=O)N1CCC(Nc2ncc3cc(C(F)F)c(=O)n(C4CCCC4)c3n2)CC1. The Kier molecular flexibility index (Phi) is 7.82. The van der Waals surface area contributed by atoms with Crippen LogP contribution in [0.25, 0.3) is 11.0 Å². The monoisotopic (exact) mass is 510 g/mol. The first-order valence-corrected chi connectivity index (χ1v) is 13.4. The van der Waals surface area contributed by atoms with Crippen LogP contribution in [0.4, 0.5) is 14.7 Å². The summed E-state index contributed by atoms with van der Waals surface area (Å²) in [5, 5.41) is 4.90. The van der Waals surface area contributed by atoms with Gasteiger partial charge in [0.25, 0.3) is 12.0 Å². The smallest absolute Gasteiger partial charge is 0.269 e. The lowest BCUT2D eigenvalue weighted by molar-refractivity contribution is 0.149. The minimum absolute atomic E-state index is 0.0448. The van der Waals surface area contributed by atoms with Crippen molar-refractivity contribution in [2.75, 3.05) is 39.0 Å². The Morgan fingerprint density at radius 2 is 1.89 bits per heavy atom. The first-order chi connectivity index (χ1) is 16.7. The second kappa shape index (κ2) is 10.7. The van der Waals surface area contributed by atoms with Crippen molar-refractivity contribution in [3.63, 3.8) is 0 Å². The third kappa shape index (κ3) is 5.87. The van der Waals surface area contributed by atoms with E-state index < -0.39 is 27.6 Å².